The van der Waals surface area contributed by atoms with Crippen molar-refractivity contribution in [1.29, 1.82) is 0 Å². The SMILES string of the molecule is CN(Cc1cc2ccccc2s1)C(=O)[C@@H]1CCOC1. The predicted octanol–water partition coefficient (Wildman–Crippen LogP) is 2.90. The van der Waals surface area contributed by atoms with Crippen molar-refractivity contribution < 1.29 is 9.53 Å². The second-order valence-corrected chi connectivity index (χ2v) is 6.17. The molecule has 1 aromatic heterocycles. The van der Waals surface area contributed by atoms with Crippen molar-refractivity contribution in [2.45, 2.75) is 13.0 Å². The monoisotopic (exact) mass is 275 g/mol. The average Bonchev–Trinajstić information content (AvgIpc) is 3.06. The number of carbonyl (C=O) groups is 1. The number of amides is 1. The zero-order valence-corrected chi connectivity index (χ0v) is 11.8. The van der Waals surface area contributed by atoms with Crippen LogP contribution in [0.4, 0.5) is 0 Å². The summed E-state index contributed by atoms with van der Waals surface area (Å²) in [6, 6.07) is 10.5. The van der Waals surface area contributed by atoms with Crippen LogP contribution >= 0.6 is 11.3 Å². The minimum atomic E-state index is 0.0550. The van der Waals surface area contributed by atoms with Crippen molar-refractivity contribution >= 4 is 27.3 Å². The molecule has 0 N–H and O–H groups in total. The quantitative estimate of drug-likeness (QED) is 0.862. The molecule has 1 aliphatic heterocycles. The van der Waals surface area contributed by atoms with Crippen LogP contribution in [-0.2, 0) is 16.1 Å². The van der Waals surface area contributed by atoms with Gasteiger partial charge in [0.2, 0.25) is 5.91 Å². The Balaban J connectivity index is 1.71. The molecule has 1 saturated heterocycles. The molecule has 3 nitrogen and oxygen atoms in total. The Hall–Kier alpha value is -1.39. The number of fused-ring (bicyclic) bond motifs is 1. The lowest BCUT2D eigenvalue weighted by molar-refractivity contribution is -0.134. The van der Waals surface area contributed by atoms with E-state index >= 15 is 0 Å². The highest BCUT2D eigenvalue weighted by molar-refractivity contribution is 7.19. The third-order valence-corrected chi connectivity index (χ3v) is 4.63. The molecule has 3 rings (SSSR count). The van der Waals surface area contributed by atoms with Crippen LogP contribution in [0.2, 0.25) is 0 Å². The normalized spacial score (nSPS) is 18.9. The molecule has 2 heterocycles. The zero-order valence-electron chi connectivity index (χ0n) is 11.0. The van der Waals surface area contributed by atoms with Crippen LogP contribution < -0.4 is 0 Å². The number of rotatable bonds is 3. The number of benzene rings is 1. The van der Waals surface area contributed by atoms with Crippen molar-refractivity contribution in [1.82, 2.24) is 4.90 Å². The van der Waals surface area contributed by atoms with Crippen molar-refractivity contribution in [2.75, 3.05) is 20.3 Å². The fourth-order valence-corrected chi connectivity index (χ4v) is 3.59. The summed E-state index contributed by atoms with van der Waals surface area (Å²) >= 11 is 1.76. The van der Waals surface area contributed by atoms with E-state index < -0.39 is 0 Å². The Morgan fingerprint density at radius 3 is 3.05 bits per heavy atom. The molecule has 2 aromatic rings. The number of carbonyl (C=O) groups excluding carboxylic acids is 1. The molecule has 1 atom stereocenters. The Morgan fingerprint density at radius 2 is 2.32 bits per heavy atom. The summed E-state index contributed by atoms with van der Waals surface area (Å²) in [7, 11) is 1.88. The minimum absolute atomic E-state index is 0.0550. The van der Waals surface area contributed by atoms with Gasteiger partial charge in [-0.3, -0.25) is 4.79 Å². The van der Waals surface area contributed by atoms with Crippen molar-refractivity contribution in [3.63, 3.8) is 0 Å². The predicted molar refractivity (Wildman–Crippen MR) is 77.2 cm³/mol. The van der Waals surface area contributed by atoms with Crippen LogP contribution in [0.25, 0.3) is 10.1 Å². The van der Waals surface area contributed by atoms with Gasteiger partial charge in [-0.1, -0.05) is 18.2 Å². The Bertz CT molecular complexity index is 554. The van der Waals surface area contributed by atoms with Crippen LogP contribution in [0.3, 0.4) is 0 Å². The molecule has 0 bridgehead atoms. The molecule has 0 saturated carbocycles. The number of ether oxygens (including phenoxy) is 1. The third kappa shape index (κ3) is 2.65. The van der Waals surface area contributed by atoms with Gasteiger partial charge in [0.25, 0.3) is 0 Å². The van der Waals surface area contributed by atoms with E-state index in [1.165, 1.54) is 15.0 Å². The summed E-state index contributed by atoms with van der Waals surface area (Å²) in [6.45, 7) is 1.98. The highest BCUT2D eigenvalue weighted by atomic mass is 32.1. The minimum Gasteiger partial charge on any atom is -0.381 e. The average molecular weight is 275 g/mol. The topological polar surface area (TPSA) is 29.5 Å². The van der Waals surface area contributed by atoms with Gasteiger partial charge in [0.1, 0.15) is 0 Å². The molecule has 0 aliphatic carbocycles. The summed E-state index contributed by atoms with van der Waals surface area (Å²) in [5.41, 5.74) is 0. The molecule has 1 aliphatic rings. The van der Waals surface area contributed by atoms with E-state index in [1.54, 1.807) is 11.3 Å². The molecular formula is C15H17NO2S. The van der Waals surface area contributed by atoms with Gasteiger partial charge in [0.05, 0.1) is 19.1 Å². The first-order chi connectivity index (χ1) is 9.24. The molecule has 0 radical (unpaired) electrons. The maximum atomic E-state index is 12.2. The van der Waals surface area contributed by atoms with Crippen LogP contribution in [0, 0.1) is 5.92 Å². The van der Waals surface area contributed by atoms with Crippen LogP contribution in [0.1, 0.15) is 11.3 Å². The van der Waals surface area contributed by atoms with Gasteiger partial charge in [0.15, 0.2) is 0 Å². The molecule has 1 fully saturated rings. The second kappa shape index (κ2) is 5.31. The summed E-state index contributed by atoms with van der Waals surface area (Å²) in [5.74, 6) is 0.259. The number of thiophene rings is 1. The first kappa shape index (κ1) is 12.6. The Kier molecular flexibility index (Phi) is 3.53. The molecule has 100 valence electrons. The van der Waals surface area contributed by atoms with E-state index in [4.69, 9.17) is 4.74 Å². The van der Waals surface area contributed by atoms with Crippen LogP contribution in [0.15, 0.2) is 30.3 Å². The number of hydrogen-bond acceptors (Lipinski definition) is 3. The summed E-state index contributed by atoms with van der Waals surface area (Å²) < 4.78 is 6.56. The summed E-state index contributed by atoms with van der Waals surface area (Å²) in [6.07, 6.45) is 0.857. The smallest absolute Gasteiger partial charge is 0.228 e. The van der Waals surface area contributed by atoms with Crippen LogP contribution in [0.5, 0.6) is 0 Å². The summed E-state index contributed by atoms with van der Waals surface area (Å²) in [5, 5.41) is 1.26. The number of hydrogen-bond donors (Lipinski definition) is 0. The second-order valence-electron chi connectivity index (χ2n) is 5.01. The van der Waals surface area contributed by atoms with Crippen LogP contribution in [-0.4, -0.2) is 31.1 Å². The van der Waals surface area contributed by atoms with Gasteiger partial charge in [-0.25, -0.2) is 0 Å². The number of nitrogens with zero attached hydrogens (tertiary/aromatic N) is 1. The van der Waals surface area contributed by atoms with Crippen molar-refractivity contribution in [3.05, 3.63) is 35.2 Å². The van der Waals surface area contributed by atoms with E-state index in [0.29, 0.717) is 19.8 Å². The molecule has 1 amide bonds. The van der Waals surface area contributed by atoms with Gasteiger partial charge >= 0.3 is 0 Å². The highest BCUT2D eigenvalue weighted by Crippen LogP contribution is 2.26. The van der Waals surface area contributed by atoms with E-state index in [1.807, 2.05) is 24.1 Å². The Morgan fingerprint density at radius 1 is 1.47 bits per heavy atom. The largest absolute Gasteiger partial charge is 0.381 e. The van der Waals surface area contributed by atoms with Gasteiger partial charge in [0, 0.05) is 23.2 Å². The van der Waals surface area contributed by atoms with Gasteiger partial charge in [-0.2, -0.15) is 0 Å². The van der Waals surface area contributed by atoms with Crippen molar-refractivity contribution in [3.8, 4) is 0 Å². The van der Waals surface area contributed by atoms with E-state index in [0.717, 1.165) is 6.42 Å². The maximum Gasteiger partial charge on any atom is 0.228 e. The molecule has 19 heavy (non-hydrogen) atoms. The highest BCUT2D eigenvalue weighted by Gasteiger charge is 2.26. The standard InChI is InChI=1S/C15H17NO2S/c1-16(15(17)12-6-7-18-10-12)9-13-8-11-4-2-3-5-14(11)19-13/h2-5,8,12H,6-7,9-10H2,1H3/t12-/m1/s1. The first-order valence-electron chi connectivity index (χ1n) is 6.54. The third-order valence-electron chi connectivity index (χ3n) is 3.52. The molecule has 4 heteroatoms. The molecule has 1 aromatic carbocycles. The lowest BCUT2D eigenvalue weighted by Crippen LogP contribution is -2.32. The van der Waals surface area contributed by atoms with E-state index in [9.17, 15) is 4.79 Å². The van der Waals surface area contributed by atoms with Gasteiger partial charge < -0.3 is 9.64 Å². The molecule has 0 unspecified atom stereocenters. The summed E-state index contributed by atoms with van der Waals surface area (Å²) in [4.78, 5) is 15.3. The van der Waals surface area contributed by atoms with E-state index in [2.05, 4.69) is 18.2 Å². The fraction of sp³-hybridized carbons (Fsp3) is 0.400. The maximum absolute atomic E-state index is 12.2. The fourth-order valence-electron chi connectivity index (χ4n) is 2.47. The lowest BCUT2D eigenvalue weighted by atomic mass is 10.1. The van der Waals surface area contributed by atoms with Gasteiger partial charge in [-0.15, -0.1) is 11.3 Å². The van der Waals surface area contributed by atoms with Crippen molar-refractivity contribution in [2.24, 2.45) is 5.92 Å². The first-order valence-corrected chi connectivity index (χ1v) is 7.36. The van der Waals surface area contributed by atoms with E-state index in [-0.39, 0.29) is 11.8 Å². The zero-order chi connectivity index (χ0) is 13.2. The molecule has 0 spiro atoms. The molecular weight excluding hydrogens is 258 g/mol. The lowest BCUT2D eigenvalue weighted by Gasteiger charge is -2.19. The Labute approximate surface area is 116 Å². The van der Waals surface area contributed by atoms with Gasteiger partial charge in [-0.05, 0) is 23.9 Å².